The number of carbonyl (C=O) groups is 1. The van der Waals surface area contributed by atoms with Crippen LogP contribution >= 0.6 is 0 Å². The molecule has 5 heteroatoms. The number of nitrogens with one attached hydrogen (secondary N) is 1. The number of hydrogen-bond donors (Lipinski definition) is 1. The summed E-state index contributed by atoms with van der Waals surface area (Å²) in [6.45, 7) is 2.06. The largest absolute Gasteiger partial charge is 0.497 e. The molecular formula is C19H17NO4. The number of amides is 1. The first-order chi connectivity index (χ1) is 11.6. The quantitative estimate of drug-likeness (QED) is 0.796. The summed E-state index contributed by atoms with van der Waals surface area (Å²) in [6, 6.07) is 13.6. The Balaban J connectivity index is 1.92. The minimum Gasteiger partial charge on any atom is -0.497 e. The first-order valence-electron chi connectivity index (χ1n) is 7.63. The fourth-order valence-corrected chi connectivity index (χ4v) is 2.39. The van der Waals surface area contributed by atoms with Crippen molar-refractivity contribution in [3.63, 3.8) is 0 Å². The van der Waals surface area contributed by atoms with Crippen molar-refractivity contribution in [3.8, 4) is 5.75 Å². The van der Waals surface area contributed by atoms with E-state index in [0.29, 0.717) is 22.4 Å². The van der Waals surface area contributed by atoms with Crippen LogP contribution in [0.15, 0.2) is 57.7 Å². The number of aryl methyl sites for hydroxylation is 1. The summed E-state index contributed by atoms with van der Waals surface area (Å²) in [7, 11) is 1.52. The number of hydrogen-bond acceptors (Lipinski definition) is 4. The number of carbonyl (C=O) groups excluding carboxylic acids is 1. The molecule has 1 aromatic heterocycles. The molecule has 24 heavy (non-hydrogen) atoms. The molecule has 0 aliphatic carbocycles. The highest BCUT2D eigenvalue weighted by atomic mass is 16.5. The number of ether oxygens (including phenoxy) is 1. The Kier molecular flexibility index (Phi) is 4.33. The average molecular weight is 323 g/mol. The van der Waals surface area contributed by atoms with Gasteiger partial charge in [0, 0.05) is 17.8 Å². The zero-order chi connectivity index (χ0) is 17.1. The summed E-state index contributed by atoms with van der Waals surface area (Å²) in [6.07, 6.45) is 0.926. The molecule has 1 heterocycles. The van der Waals surface area contributed by atoms with Crippen LogP contribution in [0.4, 0.5) is 5.69 Å². The van der Waals surface area contributed by atoms with Crippen molar-refractivity contribution in [1.82, 2.24) is 0 Å². The van der Waals surface area contributed by atoms with Gasteiger partial charge < -0.3 is 14.5 Å². The van der Waals surface area contributed by atoms with Crippen LogP contribution in [0.3, 0.4) is 0 Å². The lowest BCUT2D eigenvalue weighted by Crippen LogP contribution is -2.15. The number of fused-ring (bicyclic) bond motifs is 1. The predicted octanol–water partition coefficient (Wildman–Crippen LogP) is 3.62. The molecule has 3 aromatic rings. The van der Waals surface area contributed by atoms with Gasteiger partial charge in [0.1, 0.15) is 11.3 Å². The zero-order valence-corrected chi connectivity index (χ0v) is 13.5. The van der Waals surface area contributed by atoms with Crippen LogP contribution in [-0.4, -0.2) is 13.0 Å². The molecule has 122 valence electrons. The Morgan fingerprint density at radius 3 is 2.54 bits per heavy atom. The molecule has 0 aliphatic heterocycles. The van der Waals surface area contributed by atoms with E-state index in [-0.39, 0.29) is 11.2 Å². The molecule has 1 N–H and O–H groups in total. The molecule has 0 unspecified atom stereocenters. The average Bonchev–Trinajstić information content (AvgIpc) is 2.61. The van der Waals surface area contributed by atoms with E-state index < -0.39 is 5.91 Å². The van der Waals surface area contributed by atoms with Gasteiger partial charge in [-0.3, -0.25) is 9.59 Å². The van der Waals surface area contributed by atoms with E-state index in [1.54, 1.807) is 18.2 Å². The van der Waals surface area contributed by atoms with Gasteiger partial charge in [0.15, 0.2) is 11.2 Å². The fraction of sp³-hybridized carbons (Fsp3) is 0.158. The topological polar surface area (TPSA) is 68.5 Å². The van der Waals surface area contributed by atoms with Gasteiger partial charge in [0.2, 0.25) is 0 Å². The second-order valence-electron chi connectivity index (χ2n) is 5.34. The third-order valence-electron chi connectivity index (χ3n) is 3.78. The van der Waals surface area contributed by atoms with E-state index in [0.717, 1.165) is 6.42 Å². The van der Waals surface area contributed by atoms with Gasteiger partial charge in [-0.25, -0.2) is 0 Å². The highest BCUT2D eigenvalue weighted by molar-refractivity contribution is 6.03. The minimum atomic E-state index is -0.471. The van der Waals surface area contributed by atoms with Crippen LogP contribution in [0.5, 0.6) is 5.75 Å². The van der Waals surface area contributed by atoms with Crippen molar-refractivity contribution in [1.29, 1.82) is 0 Å². The Labute approximate surface area is 138 Å². The van der Waals surface area contributed by atoms with Gasteiger partial charge in [0.05, 0.1) is 12.5 Å². The molecule has 0 atom stereocenters. The maximum absolute atomic E-state index is 12.3. The van der Waals surface area contributed by atoms with Gasteiger partial charge >= 0.3 is 0 Å². The molecule has 0 saturated carbocycles. The molecular weight excluding hydrogens is 306 g/mol. The van der Waals surface area contributed by atoms with Gasteiger partial charge in [-0.2, -0.15) is 0 Å². The van der Waals surface area contributed by atoms with Crippen molar-refractivity contribution < 1.29 is 13.9 Å². The Morgan fingerprint density at radius 2 is 1.88 bits per heavy atom. The minimum absolute atomic E-state index is 0.0414. The van der Waals surface area contributed by atoms with Gasteiger partial charge in [0.25, 0.3) is 5.91 Å². The van der Waals surface area contributed by atoms with Gasteiger partial charge in [-0.1, -0.05) is 19.1 Å². The summed E-state index contributed by atoms with van der Waals surface area (Å²) in [5.41, 5.74) is 1.86. The predicted molar refractivity (Wildman–Crippen MR) is 92.8 cm³/mol. The first-order valence-corrected chi connectivity index (χ1v) is 7.63. The second kappa shape index (κ2) is 6.58. The number of anilines is 1. The molecule has 0 saturated heterocycles. The highest BCUT2D eigenvalue weighted by Gasteiger charge is 2.13. The van der Waals surface area contributed by atoms with Crippen LogP contribution in [0.25, 0.3) is 11.0 Å². The normalized spacial score (nSPS) is 10.6. The van der Waals surface area contributed by atoms with E-state index >= 15 is 0 Å². The lowest BCUT2D eigenvalue weighted by atomic mass is 10.1. The number of rotatable bonds is 4. The third kappa shape index (κ3) is 3.15. The zero-order valence-electron chi connectivity index (χ0n) is 13.5. The van der Waals surface area contributed by atoms with E-state index in [9.17, 15) is 9.59 Å². The second-order valence-corrected chi connectivity index (χ2v) is 5.34. The summed E-state index contributed by atoms with van der Waals surface area (Å²) < 4.78 is 10.7. The van der Waals surface area contributed by atoms with Crippen molar-refractivity contribution in [3.05, 3.63) is 70.1 Å². The smallest absolute Gasteiger partial charge is 0.291 e. The maximum atomic E-state index is 12.3. The molecule has 0 spiro atoms. The highest BCUT2D eigenvalue weighted by Crippen LogP contribution is 2.20. The van der Waals surface area contributed by atoms with Crippen molar-refractivity contribution in [2.75, 3.05) is 12.4 Å². The third-order valence-corrected chi connectivity index (χ3v) is 3.78. The molecule has 1 amide bonds. The molecule has 0 bridgehead atoms. The van der Waals surface area contributed by atoms with Crippen molar-refractivity contribution in [2.45, 2.75) is 13.3 Å². The van der Waals surface area contributed by atoms with E-state index in [1.807, 2.05) is 24.3 Å². The monoisotopic (exact) mass is 323 g/mol. The van der Waals surface area contributed by atoms with Crippen molar-refractivity contribution >= 4 is 22.6 Å². The van der Waals surface area contributed by atoms with Gasteiger partial charge in [-0.15, -0.1) is 0 Å². The number of methoxy groups -OCH3 is 1. The van der Waals surface area contributed by atoms with Crippen LogP contribution in [-0.2, 0) is 6.42 Å². The summed E-state index contributed by atoms with van der Waals surface area (Å²) in [4.78, 5) is 24.5. The Morgan fingerprint density at radius 1 is 1.12 bits per heavy atom. The van der Waals surface area contributed by atoms with E-state index in [4.69, 9.17) is 9.15 Å². The SMILES string of the molecule is CCc1ccc(NC(=O)c2cc(=O)c3ccc(OC)cc3o2)cc1. The summed E-state index contributed by atoms with van der Waals surface area (Å²) in [5, 5.41) is 3.13. The molecule has 0 aliphatic rings. The Bertz CT molecular complexity index is 942. The number of benzene rings is 2. The fourth-order valence-electron chi connectivity index (χ4n) is 2.39. The van der Waals surface area contributed by atoms with Crippen LogP contribution in [0.2, 0.25) is 0 Å². The molecule has 2 aromatic carbocycles. The Hall–Kier alpha value is -3.08. The molecule has 0 fully saturated rings. The lowest BCUT2D eigenvalue weighted by Gasteiger charge is -2.07. The van der Waals surface area contributed by atoms with Gasteiger partial charge in [-0.05, 0) is 36.2 Å². The van der Waals surface area contributed by atoms with E-state index in [2.05, 4.69) is 12.2 Å². The first kappa shape index (κ1) is 15.8. The summed E-state index contributed by atoms with van der Waals surface area (Å²) >= 11 is 0. The molecule has 3 rings (SSSR count). The standard InChI is InChI=1S/C19H17NO4/c1-3-12-4-6-13(7-5-12)20-19(22)18-11-16(21)15-9-8-14(23-2)10-17(15)24-18/h4-11H,3H2,1-2H3,(H,20,22). The van der Waals surface area contributed by atoms with Crippen LogP contribution in [0.1, 0.15) is 23.0 Å². The maximum Gasteiger partial charge on any atom is 0.291 e. The van der Waals surface area contributed by atoms with Crippen LogP contribution < -0.4 is 15.5 Å². The molecule has 0 radical (unpaired) electrons. The van der Waals surface area contributed by atoms with Crippen LogP contribution in [0, 0.1) is 0 Å². The van der Waals surface area contributed by atoms with Crippen molar-refractivity contribution in [2.24, 2.45) is 0 Å². The van der Waals surface area contributed by atoms with E-state index in [1.165, 1.54) is 18.7 Å². The lowest BCUT2D eigenvalue weighted by molar-refractivity contribution is 0.0997. The molecule has 5 nitrogen and oxygen atoms in total. The summed E-state index contributed by atoms with van der Waals surface area (Å²) in [5.74, 6) is 0.0414.